The van der Waals surface area contributed by atoms with Crippen LogP contribution in [0.4, 0.5) is 0 Å². The summed E-state index contributed by atoms with van der Waals surface area (Å²) in [5.41, 5.74) is -0.149. The van der Waals surface area contributed by atoms with E-state index in [2.05, 4.69) is 29.4 Å². The van der Waals surface area contributed by atoms with E-state index in [0.717, 1.165) is 37.9 Å². The minimum Gasteiger partial charge on any atom is -0.350 e. The third-order valence-electron chi connectivity index (χ3n) is 4.55. The number of fused-ring (bicyclic) bond motifs is 1. The first kappa shape index (κ1) is 14.8. The topological polar surface area (TPSA) is 44.4 Å². The van der Waals surface area contributed by atoms with Gasteiger partial charge in [0.1, 0.15) is 0 Å². The van der Waals surface area contributed by atoms with Crippen molar-refractivity contribution in [3.8, 4) is 0 Å². The van der Waals surface area contributed by atoms with Crippen LogP contribution in [0, 0.1) is 11.8 Å². The molecule has 19 heavy (non-hydrogen) atoms. The largest absolute Gasteiger partial charge is 0.350 e. The zero-order valence-corrected chi connectivity index (χ0v) is 13.0. The number of hydrogen-bond acceptors (Lipinski definition) is 3. The molecule has 0 radical (unpaired) electrons. The monoisotopic (exact) mass is 267 g/mol. The van der Waals surface area contributed by atoms with E-state index in [0.29, 0.717) is 6.04 Å². The lowest BCUT2D eigenvalue weighted by Crippen LogP contribution is -2.53. The Hall–Kier alpha value is -0.610. The van der Waals surface area contributed by atoms with Crippen LogP contribution in [0.15, 0.2) is 0 Å². The van der Waals surface area contributed by atoms with Crippen molar-refractivity contribution < 1.29 is 4.79 Å². The van der Waals surface area contributed by atoms with E-state index in [1.54, 1.807) is 0 Å². The molecule has 2 N–H and O–H groups in total. The Morgan fingerprint density at radius 1 is 1.42 bits per heavy atom. The van der Waals surface area contributed by atoms with Crippen LogP contribution in [-0.4, -0.2) is 48.1 Å². The van der Waals surface area contributed by atoms with Gasteiger partial charge in [-0.15, -0.1) is 0 Å². The molecule has 2 rings (SSSR count). The molecule has 2 saturated heterocycles. The average molecular weight is 267 g/mol. The highest BCUT2D eigenvalue weighted by Crippen LogP contribution is 2.35. The van der Waals surface area contributed by atoms with Gasteiger partial charge in [-0.05, 0) is 59.0 Å². The van der Waals surface area contributed by atoms with E-state index in [1.165, 1.54) is 0 Å². The number of nitrogens with zero attached hydrogens (tertiary/aromatic N) is 1. The third-order valence-corrected chi connectivity index (χ3v) is 4.55. The molecule has 2 aliphatic heterocycles. The fourth-order valence-electron chi connectivity index (χ4n) is 3.66. The lowest BCUT2D eigenvalue weighted by atomic mass is 9.92. The average Bonchev–Trinajstić information content (AvgIpc) is 2.84. The molecule has 0 spiro atoms. The van der Waals surface area contributed by atoms with Gasteiger partial charge in [-0.25, -0.2) is 0 Å². The molecule has 4 unspecified atom stereocenters. The first-order valence-corrected chi connectivity index (χ1v) is 7.62. The number of amides is 1. The van der Waals surface area contributed by atoms with Gasteiger partial charge in [0.05, 0.1) is 6.04 Å². The highest BCUT2D eigenvalue weighted by molar-refractivity contribution is 5.82. The lowest BCUT2D eigenvalue weighted by Gasteiger charge is -2.33. The van der Waals surface area contributed by atoms with Crippen molar-refractivity contribution in [1.29, 1.82) is 0 Å². The summed E-state index contributed by atoms with van der Waals surface area (Å²) in [5, 5.41) is 6.60. The van der Waals surface area contributed by atoms with Gasteiger partial charge in [0.25, 0.3) is 0 Å². The predicted octanol–water partition coefficient (Wildman–Crippen LogP) is 1.22. The Labute approximate surface area is 117 Å². The number of rotatable bonds is 3. The SMILES string of the molecule is CCC1C2CNCC2CN1C(C)C(=O)NC(C)(C)C. The van der Waals surface area contributed by atoms with Gasteiger partial charge in [-0.3, -0.25) is 9.69 Å². The Kier molecular flexibility index (Phi) is 4.21. The van der Waals surface area contributed by atoms with E-state index in [4.69, 9.17) is 0 Å². The molecular formula is C15H29N3O. The van der Waals surface area contributed by atoms with Crippen molar-refractivity contribution in [3.05, 3.63) is 0 Å². The number of likely N-dealkylation sites (tertiary alicyclic amines) is 1. The molecule has 4 heteroatoms. The first-order valence-electron chi connectivity index (χ1n) is 7.62. The molecule has 0 aromatic carbocycles. The minimum atomic E-state index is -0.149. The summed E-state index contributed by atoms with van der Waals surface area (Å²) in [6, 6.07) is 0.537. The number of carbonyl (C=O) groups is 1. The van der Waals surface area contributed by atoms with Crippen molar-refractivity contribution in [2.45, 2.75) is 58.7 Å². The minimum absolute atomic E-state index is 0.0187. The quantitative estimate of drug-likeness (QED) is 0.808. The van der Waals surface area contributed by atoms with Crippen LogP contribution in [0.5, 0.6) is 0 Å². The van der Waals surface area contributed by atoms with Crippen LogP contribution in [0.3, 0.4) is 0 Å². The predicted molar refractivity (Wildman–Crippen MR) is 78.0 cm³/mol. The second kappa shape index (κ2) is 5.41. The smallest absolute Gasteiger partial charge is 0.237 e. The molecule has 0 aromatic rings. The highest BCUT2D eigenvalue weighted by Gasteiger charge is 2.45. The molecule has 0 aromatic heterocycles. The normalized spacial score (nSPS) is 33.2. The van der Waals surface area contributed by atoms with E-state index < -0.39 is 0 Å². The molecule has 2 heterocycles. The fourth-order valence-corrected chi connectivity index (χ4v) is 3.66. The Bertz CT molecular complexity index is 337. The third kappa shape index (κ3) is 3.11. The highest BCUT2D eigenvalue weighted by atomic mass is 16.2. The zero-order valence-electron chi connectivity index (χ0n) is 13.0. The van der Waals surface area contributed by atoms with Crippen LogP contribution in [-0.2, 0) is 4.79 Å². The van der Waals surface area contributed by atoms with Gasteiger partial charge in [0.15, 0.2) is 0 Å². The Balaban J connectivity index is 2.02. The fraction of sp³-hybridized carbons (Fsp3) is 0.933. The molecule has 0 bridgehead atoms. The van der Waals surface area contributed by atoms with Crippen LogP contribution in [0.1, 0.15) is 41.0 Å². The standard InChI is InChI=1S/C15H29N3O/c1-6-13-12-8-16-7-11(12)9-18(13)10(2)14(19)17-15(3,4)5/h10-13,16H,6-9H2,1-5H3,(H,17,19). The molecule has 2 fully saturated rings. The van der Waals surface area contributed by atoms with E-state index in [9.17, 15) is 4.79 Å². The van der Waals surface area contributed by atoms with Crippen molar-refractivity contribution in [1.82, 2.24) is 15.5 Å². The van der Waals surface area contributed by atoms with Gasteiger partial charge >= 0.3 is 0 Å². The number of carbonyl (C=O) groups excluding carboxylic acids is 1. The maximum Gasteiger partial charge on any atom is 0.237 e. The summed E-state index contributed by atoms with van der Waals surface area (Å²) >= 11 is 0. The molecule has 0 saturated carbocycles. The Morgan fingerprint density at radius 2 is 2.11 bits per heavy atom. The maximum absolute atomic E-state index is 12.4. The molecule has 110 valence electrons. The summed E-state index contributed by atoms with van der Waals surface area (Å²) in [6.45, 7) is 13.7. The molecule has 4 nitrogen and oxygen atoms in total. The summed E-state index contributed by atoms with van der Waals surface area (Å²) in [7, 11) is 0. The van der Waals surface area contributed by atoms with Crippen LogP contribution in [0.25, 0.3) is 0 Å². The molecule has 0 aliphatic carbocycles. The van der Waals surface area contributed by atoms with Gasteiger partial charge < -0.3 is 10.6 Å². The number of hydrogen-bond donors (Lipinski definition) is 2. The van der Waals surface area contributed by atoms with Crippen LogP contribution < -0.4 is 10.6 Å². The summed E-state index contributed by atoms with van der Waals surface area (Å²) in [4.78, 5) is 14.8. The van der Waals surface area contributed by atoms with Gasteiger partial charge in [0.2, 0.25) is 5.91 Å². The lowest BCUT2D eigenvalue weighted by molar-refractivity contribution is -0.127. The maximum atomic E-state index is 12.4. The van der Waals surface area contributed by atoms with Gasteiger partial charge in [0, 0.05) is 18.1 Å². The second-order valence-electron chi connectivity index (χ2n) is 7.17. The van der Waals surface area contributed by atoms with Gasteiger partial charge in [-0.1, -0.05) is 6.92 Å². The van der Waals surface area contributed by atoms with Crippen molar-refractivity contribution in [2.75, 3.05) is 19.6 Å². The summed E-state index contributed by atoms with van der Waals surface area (Å²) in [5.74, 6) is 1.63. The van der Waals surface area contributed by atoms with Crippen molar-refractivity contribution in [2.24, 2.45) is 11.8 Å². The van der Waals surface area contributed by atoms with E-state index in [1.807, 2.05) is 20.8 Å². The first-order chi connectivity index (χ1) is 8.83. The summed E-state index contributed by atoms with van der Waals surface area (Å²) in [6.07, 6.45) is 1.13. The zero-order chi connectivity index (χ0) is 14.2. The van der Waals surface area contributed by atoms with Crippen molar-refractivity contribution >= 4 is 5.91 Å². The second-order valence-corrected chi connectivity index (χ2v) is 7.17. The van der Waals surface area contributed by atoms with E-state index >= 15 is 0 Å². The molecule has 4 atom stereocenters. The molecule has 2 aliphatic rings. The van der Waals surface area contributed by atoms with Crippen LogP contribution in [0.2, 0.25) is 0 Å². The molecular weight excluding hydrogens is 238 g/mol. The van der Waals surface area contributed by atoms with Crippen LogP contribution >= 0.6 is 0 Å². The summed E-state index contributed by atoms with van der Waals surface area (Å²) < 4.78 is 0. The molecule has 1 amide bonds. The Morgan fingerprint density at radius 3 is 2.68 bits per heavy atom. The van der Waals surface area contributed by atoms with Crippen molar-refractivity contribution in [3.63, 3.8) is 0 Å². The van der Waals surface area contributed by atoms with E-state index in [-0.39, 0.29) is 17.5 Å². The van der Waals surface area contributed by atoms with Gasteiger partial charge in [-0.2, -0.15) is 0 Å². The number of nitrogens with one attached hydrogen (secondary N) is 2.